The Morgan fingerprint density at radius 1 is 1.09 bits per heavy atom. The predicted octanol–water partition coefficient (Wildman–Crippen LogP) is 4.78. The molecule has 0 radical (unpaired) electrons. The first-order valence-corrected chi connectivity index (χ1v) is 7.39. The number of benzene rings is 2. The number of aldehydes is 1. The van der Waals surface area contributed by atoms with E-state index in [1.54, 1.807) is 7.11 Å². The van der Waals surface area contributed by atoms with E-state index in [0.717, 1.165) is 34.2 Å². The quantitative estimate of drug-likeness (QED) is 0.703. The summed E-state index contributed by atoms with van der Waals surface area (Å²) in [6.45, 7) is 4.34. The van der Waals surface area contributed by atoms with Crippen molar-refractivity contribution in [1.29, 1.82) is 0 Å². The third kappa shape index (κ3) is 2.39. The largest absolute Gasteiger partial charge is 0.497 e. The van der Waals surface area contributed by atoms with Crippen LogP contribution in [0, 0.1) is 0 Å². The SMILES string of the molecule is COc1ccc2[nH]c(-c3ccc(C(C)C)cc3)c(C=O)c2c1. The number of methoxy groups -OCH3 is 1. The summed E-state index contributed by atoms with van der Waals surface area (Å²) in [6, 6.07) is 14.1. The standard InChI is InChI=1S/C19H19NO2/c1-12(2)13-4-6-14(7-5-13)19-17(11-21)16-10-15(22-3)8-9-18(16)20-19/h4-12,20H,1-3H3. The average Bonchev–Trinajstić information content (AvgIpc) is 2.92. The molecule has 1 heterocycles. The highest BCUT2D eigenvalue weighted by atomic mass is 16.5. The lowest BCUT2D eigenvalue weighted by molar-refractivity contribution is 0.112. The number of fused-ring (bicyclic) bond motifs is 1. The van der Waals surface area contributed by atoms with E-state index in [4.69, 9.17) is 4.74 Å². The topological polar surface area (TPSA) is 42.1 Å². The van der Waals surface area contributed by atoms with Crippen molar-refractivity contribution >= 4 is 17.2 Å². The average molecular weight is 293 g/mol. The van der Waals surface area contributed by atoms with Crippen LogP contribution >= 0.6 is 0 Å². The predicted molar refractivity (Wildman–Crippen MR) is 89.8 cm³/mol. The lowest BCUT2D eigenvalue weighted by Crippen LogP contribution is -1.89. The molecule has 0 atom stereocenters. The molecular formula is C19H19NO2. The van der Waals surface area contributed by atoms with Gasteiger partial charge in [-0.05, 0) is 35.2 Å². The van der Waals surface area contributed by atoms with Gasteiger partial charge in [-0.25, -0.2) is 0 Å². The van der Waals surface area contributed by atoms with E-state index < -0.39 is 0 Å². The number of carbonyl (C=O) groups is 1. The highest BCUT2D eigenvalue weighted by molar-refractivity contribution is 6.04. The molecular weight excluding hydrogens is 274 g/mol. The van der Waals surface area contributed by atoms with Gasteiger partial charge in [0.1, 0.15) is 5.75 Å². The van der Waals surface area contributed by atoms with E-state index in [9.17, 15) is 4.79 Å². The number of ether oxygens (including phenoxy) is 1. The molecule has 1 aromatic heterocycles. The summed E-state index contributed by atoms with van der Waals surface area (Å²) in [7, 11) is 1.62. The molecule has 0 saturated heterocycles. The molecule has 0 fully saturated rings. The normalized spacial score (nSPS) is 11.1. The molecule has 2 aromatic carbocycles. The van der Waals surface area contributed by atoms with E-state index >= 15 is 0 Å². The summed E-state index contributed by atoms with van der Waals surface area (Å²) in [5.74, 6) is 1.24. The smallest absolute Gasteiger partial charge is 0.152 e. The third-order valence-corrected chi connectivity index (χ3v) is 4.03. The molecule has 0 spiro atoms. The van der Waals surface area contributed by atoms with Crippen LogP contribution in [-0.2, 0) is 0 Å². The van der Waals surface area contributed by atoms with Crippen molar-refractivity contribution in [2.75, 3.05) is 7.11 Å². The molecule has 0 aliphatic rings. The van der Waals surface area contributed by atoms with Gasteiger partial charge in [-0.15, -0.1) is 0 Å². The molecule has 1 N–H and O–H groups in total. The Balaban J connectivity index is 2.15. The van der Waals surface area contributed by atoms with Gasteiger partial charge in [0.25, 0.3) is 0 Å². The van der Waals surface area contributed by atoms with Crippen LogP contribution in [0.25, 0.3) is 22.2 Å². The van der Waals surface area contributed by atoms with Gasteiger partial charge in [0.2, 0.25) is 0 Å². The molecule has 112 valence electrons. The van der Waals surface area contributed by atoms with Crippen LogP contribution in [0.15, 0.2) is 42.5 Å². The number of nitrogens with one attached hydrogen (secondary N) is 1. The van der Waals surface area contributed by atoms with Crippen LogP contribution < -0.4 is 4.74 Å². The van der Waals surface area contributed by atoms with Crippen LogP contribution in [0.4, 0.5) is 0 Å². The van der Waals surface area contributed by atoms with Gasteiger partial charge in [0.05, 0.1) is 12.8 Å². The summed E-state index contributed by atoms with van der Waals surface area (Å²) in [5, 5.41) is 0.886. The van der Waals surface area contributed by atoms with E-state index in [1.165, 1.54) is 5.56 Å². The maximum absolute atomic E-state index is 11.6. The second-order valence-electron chi connectivity index (χ2n) is 5.72. The molecule has 0 aliphatic carbocycles. The van der Waals surface area contributed by atoms with Gasteiger partial charge in [-0.3, -0.25) is 4.79 Å². The van der Waals surface area contributed by atoms with Crippen LogP contribution in [0.2, 0.25) is 0 Å². The Hall–Kier alpha value is -2.55. The summed E-state index contributed by atoms with van der Waals surface area (Å²) in [4.78, 5) is 14.9. The van der Waals surface area contributed by atoms with Crippen molar-refractivity contribution in [2.45, 2.75) is 19.8 Å². The molecule has 0 saturated carbocycles. The van der Waals surface area contributed by atoms with Gasteiger partial charge < -0.3 is 9.72 Å². The Bertz CT molecular complexity index is 813. The molecule has 3 aromatic rings. The van der Waals surface area contributed by atoms with Gasteiger partial charge in [0, 0.05) is 16.5 Å². The zero-order valence-corrected chi connectivity index (χ0v) is 13.0. The molecule has 0 aliphatic heterocycles. The van der Waals surface area contributed by atoms with Crippen molar-refractivity contribution in [3.05, 3.63) is 53.6 Å². The fourth-order valence-corrected chi connectivity index (χ4v) is 2.70. The molecule has 3 heteroatoms. The summed E-state index contributed by atoms with van der Waals surface area (Å²) >= 11 is 0. The Morgan fingerprint density at radius 3 is 2.41 bits per heavy atom. The first-order valence-electron chi connectivity index (χ1n) is 7.39. The highest BCUT2D eigenvalue weighted by Crippen LogP contribution is 2.32. The van der Waals surface area contributed by atoms with E-state index in [2.05, 4.69) is 43.1 Å². The zero-order valence-electron chi connectivity index (χ0n) is 13.0. The molecule has 3 rings (SSSR count). The minimum absolute atomic E-state index is 0.492. The molecule has 0 amide bonds. The summed E-state index contributed by atoms with van der Waals surface area (Å²) in [5.41, 5.74) is 4.77. The van der Waals surface area contributed by atoms with E-state index in [-0.39, 0.29) is 0 Å². The number of hydrogen-bond acceptors (Lipinski definition) is 2. The first kappa shape index (κ1) is 14.4. The van der Waals surface area contributed by atoms with Crippen molar-refractivity contribution < 1.29 is 9.53 Å². The maximum Gasteiger partial charge on any atom is 0.152 e. The molecule has 3 nitrogen and oxygen atoms in total. The van der Waals surface area contributed by atoms with Gasteiger partial charge in [0.15, 0.2) is 6.29 Å². The third-order valence-electron chi connectivity index (χ3n) is 4.03. The Kier molecular flexibility index (Phi) is 3.72. The minimum atomic E-state index is 0.492. The lowest BCUT2D eigenvalue weighted by atomic mass is 9.99. The molecule has 0 unspecified atom stereocenters. The minimum Gasteiger partial charge on any atom is -0.497 e. The van der Waals surface area contributed by atoms with Crippen molar-refractivity contribution in [3.63, 3.8) is 0 Å². The zero-order chi connectivity index (χ0) is 15.7. The fraction of sp³-hybridized carbons (Fsp3) is 0.211. The second kappa shape index (κ2) is 5.68. The summed E-state index contributed by atoms with van der Waals surface area (Å²) < 4.78 is 5.25. The van der Waals surface area contributed by atoms with E-state index in [1.807, 2.05) is 18.2 Å². The number of H-pyrrole nitrogens is 1. The van der Waals surface area contributed by atoms with Gasteiger partial charge >= 0.3 is 0 Å². The monoisotopic (exact) mass is 293 g/mol. The van der Waals surface area contributed by atoms with Crippen LogP contribution in [0.5, 0.6) is 5.75 Å². The summed E-state index contributed by atoms with van der Waals surface area (Å²) in [6.07, 6.45) is 0.907. The first-order chi connectivity index (χ1) is 10.6. The Labute approximate surface area is 129 Å². The van der Waals surface area contributed by atoms with E-state index in [0.29, 0.717) is 11.5 Å². The maximum atomic E-state index is 11.6. The molecule has 0 bridgehead atoms. The molecule has 22 heavy (non-hydrogen) atoms. The van der Waals surface area contributed by atoms with Crippen molar-refractivity contribution in [3.8, 4) is 17.0 Å². The van der Waals surface area contributed by atoms with Gasteiger partial charge in [-0.2, -0.15) is 0 Å². The Morgan fingerprint density at radius 2 is 1.82 bits per heavy atom. The second-order valence-corrected chi connectivity index (χ2v) is 5.72. The van der Waals surface area contributed by atoms with Crippen LogP contribution in [-0.4, -0.2) is 18.4 Å². The fourth-order valence-electron chi connectivity index (χ4n) is 2.70. The number of hydrogen-bond donors (Lipinski definition) is 1. The van der Waals surface area contributed by atoms with Crippen molar-refractivity contribution in [1.82, 2.24) is 4.98 Å². The van der Waals surface area contributed by atoms with Crippen molar-refractivity contribution in [2.24, 2.45) is 0 Å². The van der Waals surface area contributed by atoms with Crippen LogP contribution in [0.1, 0.15) is 35.7 Å². The number of carbonyl (C=O) groups excluding carboxylic acids is 1. The number of rotatable bonds is 4. The van der Waals surface area contributed by atoms with Gasteiger partial charge in [-0.1, -0.05) is 38.1 Å². The lowest BCUT2D eigenvalue weighted by Gasteiger charge is -2.06. The number of aromatic amines is 1. The van der Waals surface area contributed by atoms with Crippen LogP contribution in [0.3, 0.4) is 0 Å². The number of aromatic nitrogens is 1. The highest BCUT2D eigenvalue weighted by Gasteiger charge is 2.13.